The van der Waals surface area contributed by atoms with Crippen molar-refractivity contribution in [3.8, 4) is 0 Å². The van der Waals surface area contributed by atoms with E-state index in [4.69, 9.17) is 4.42 Å². The Balaban J connectivity index is 1.51. The van der Waals surface area contributed by atoms with Gasteiger partial charge in [0.1, 0.15) is 0 Å². The van der Waals surface area contributed by atoms with E-state index >= 15 is 0 Å². The minimum atomic E-state index is 0.189. The molecule has 0 bridgehead atoms. The second-order valence-corrected chi connectivity index (χ2v) is 7.39. The normalized spacial score (nSPS) is 23.7. The highest BCUT2D eigenvalue weighted by atomic mass is 32.2. The molecule has 6 heteroatoms. The van der Waals surface area contributed by atoms with Crippen LogP contribution in [-0.4, -0.2) is 39.3 Å². The van der Waals surface area contributed by atoms with Gasteiger partial charge in [-0.2, -0.15) is 0 Å². The Morgan fingerprint density at radius 2 is 1.95 bits per heavy atom. The molecule has 1 aromatic heterocycles. The summed E-state index contributed by atoms with van der Waals surface area (Å²) in [7, 11) is 0. The maximum absolute atomic E-state index is 12.3. The molecule has 0 aromatic carbocycles. The first-order valence-electron chi connectivity index (χ1n) is 8.49. The van der Waals surface area contributed by atoms with Gasteiger partial charge >= 0.3 is 0 Å². The first-order chi connectivity index (χ1) is 10.7. The quantitative estimate of drug-likeness (QED) is 0.792. The molecule has 3 rings (SSSR count). The fourth-order valence-corrected chi connectivity index (χ4v) is 4.12. The van der Waals surface area contributed by atoms with Gasteiger partial charge in [0.15, 0.2) is 0 Å². The number of rotatable bonds is 4. The number of aromatic nitrogens is 2. The summed E-state index contributed by atoms with van der Waals surface area (Å²) in [6, 6.07) is 0.363. The molecule has 0 unspecified atom stereocenters. The van der Waals surface area contributed by atoms with Crippen LogP contribution in [0.5, 0.6) is 0 Å². The molecule has 122 valence electrons. The van der Waals surface area contributed by atoms with Crippen molar-refractivity contribution in [2.45, 2.75) is 75.5 Å². The highest BCUT2D eigenvalue weighted by Crippen LogP contribution is 2.33. The van der Waals surface area contributed by atoms with Gasteiger partial charge in [-0.15, -0.1) is 10.2 Å². The average molecular weight is 323 g/mol. The minimum Gasteiger partial charge on any atom is -0.416 e. The number of hydrogen-bond donors (Lipinski definition) is 0. The summed E-state index contributed by atoms with van der Waals surface area (Å²) in [5, 5.41) is 8.83. The van der Waals surface area contributed by atoms with Crippen LogP contribution in [0.4, 0.5) is 0 Å². The predicted molar refractivity (Wildman–Crippen MR) is 85.9 cm³/mol. The zero-order valence-corrected chi connectivity index (χ0v) is 14.1. The molecule has 0 spiro atoms. The Kier molecular flexibility index (Phi) is 5.39. The molecule has 2 heterocycles. The lowest BCUT2D eigenvalue weighted by Gasteiger charge is -2.33. The predicted octanol–water partition coefficient (Wildman–Crippen LogP) is 3.61. The summed E-state index contributed by atoms with van der Waals surface area (Å²) in [5.41, 5.74) is 0. The SMILES string of the molecule is C[C@@H]1CCCCN1C(=O)CSc1nnc(C2CCCCC2)o1. The maximum Gasteiger partial charge on any atom is 0.277 e. The monoisotopic (exact) mass is 323 g/mol. The van der Waals surface area contributed by atoms with Gasteiger partial charge in [0.2, 0.25) is 11.8 Å². The molecule has 1 aliphatic heterocycles. The zero-order valence-electron chi connectivity index (χ0n) is 13.3. The summed E-state index contributed by atoms with van der Waals surface area (Å²) < 4.78 is 5.76. The van der Waals surface area contributed by atoms with Crippen molar-refractivity contribution in [1.82, 2.24) is 15.1 Å². The van der Waals surface area contributed by atoms with Gasteiger partial charge < -0.3 is 9.32 Å². The second kappa shape index (κ2) is 7.49. The van der Waals surface area contributed by atoms with Crippen LogP contribution >= 0.6 is 11.8 Å². The second-order valence-electron chi connectivity index (χ2n) is 6.46. The Morgan fingerprint density at radius 3 is 2.73 bits per heavy atom. The van der Waals surface area contributed by atoms with Gasteiger partial charge in [-0.25, -0.2) is 0 Å². The molecule has 1 saturated carbocycles. The molecule has 1 aromatic rings. The summed E-state index contributed by atoms with van der Waals surface area (Å²) in [6.45, 7) is 3.02. The van der Waals surface area contributed by atoms with E-state index in [1.807, 2.05) is 4.90 Å². The van der Waals surface area contributed by atoms with Crippen LogP contribution in [0.3, 0.4) is 0 Å². The number of thioether (sulfide) groups is 1. The molecule has 5 nitrogen and oxygen atoms in total. The number of amides is 1. The van der Waals surface area contributed by atoms with Crippen LogP contribution in [0.25, 0.3) is 0 Å². The molecule has 1 aliphatic carbocycles. The number of likely N-dealkylation sites (tertiary alicyclic amines) is 1. The first-order valence-corrected chi connectivity index (χ1v) is 9.48. The van der Waals surface area contributed by atoms with E-state index in [9.17, 15) is 4.79 Å². The van der Waals surface area contributed by atoms with Crippen molar-refractivity contribution in [2.75, 3.05) is 12.3 Å². The third-order valence-corrected chi connectivity index (χ3v) is 5.62. The van der Waals surface area contributed by atoms with Crippen LogP contribution in [-0.2, 0) is 4.79 Å². The summed E-state index contributed by atoms with van der Waals surface area (Å²) >= 11 is 1.38. The van der Waals surface area contributed by atoms with Crippen molar-refractivity contribution in [3.63, 3.8) is 0 Å². The lowest BCUT2D eigenvalue weighted by atomic mass is 9.89. The van der Waals surface area contributed by atoms with Gasteiger partial charge in [0.25, 0.3) is 5.22 Å². The van der Waals surface area contributed by atoms with Crippen LogP contribution in [0.15, 0.2) is 9.64 Å². The van der Waals surface area contributed by atoms with Crippen LogP contribution < -0.4 is 0 Å². The maximum atomic E-state index is 12.3. The summed E-state index contributed by atoms with van der Waals surface area (Å²) in [5.74, 6) is 1.78. The van der Waals surface area contributed by atoms with E-state index in [0.29, 0.717) is 22.9 Å². The van der Waals surface area contributed by atoms with E-state index in [0.717, 1.165) is 38.1 Å². The molecule has 2 fully saturated rings. The average Bonchev–Trinajstić information content (AvgIpc) is 3.03. The molecule has 0 N–H and O–H groups in total. The fourth-order valence-electron chi connectivity index (χ4n) is 3.47. The number of hydrogen-bond acceptors (Lipinski definition) is 5. The van der Waals surface area contributed by atoms with E-state index in [1.165, 1.54) is 37.4 Å². The summed E-state index contributed by atoms with van der Waals surface area (Å²) in [4.78, 5) is 14.3. The first kappa shape index (κ1) is 15.8. The Morgan fingerprint density at radius 1 is 1.18 bits per heavy atom. The highest BCUT2D eigenvalue weighted by Gasteiger charge is 2.25. The van der Waals surface area contributed by atoms with Gasteiger partial charge in [-0.1, -0.05) is 31.0 Å². The zero-order chi connectivity index (χ0) is 15.4. The van der Waals surface area contributed by atoms with Crippen LogP contribution in [0.1, 0.15) is 70.1 Å². The largest absolute Gasteiger partial charge is 0.416 e. The lowest BCUT2D eigenvalue weighted by molar-refractivity contribution is -0.131. The van der Waals surface area contributed by atoms with Gasteiger partial charge in [0.05, 0.1) is 5.75 Å². The molecular weight excluding hydrogens is 298 g/mol. The van der Waals surface area contributed by atoms with Crippen molar-refractivity contribution >= 4 is 17.7 Å². The third kappa shape index (κ3) is 3.83. The van der Waals surface area contributed by atoms with Crippen LogP contribution in [0, 0.1) is 0 Å². The van der Waals surface area contributed by atoms with E-state index < -0.39 is 0 Å². The standard InChI is InChI=1S/C16H25N3O2S/c1-12-7-5-6-10-19(12)14(20)11-22-16-18-17-15(21-16)13-8-3-2-4-9-13/h12-13H,2-11H2,1H3/t12-/m1/s1. The number of carbonyl (C=O) groups excluding carboxylic acids is 1. The Hall–Kier alpha value is -1.04. The van der Waals surface area contributed by atoms with Crippen molar-refractivity contribution < 1.29 is 9.21 Å². The van der Waals surface area contributed by atoms with E-state index in [2.05, 4.69) is 17.1 Å². The number of piperidine rings is 1. The molecule has 1 amide bonds. The summed E-state index contributed by atoms with van der Waals surface area (Å²) in [6.07, 6.45) is 9.58. The van der Waals surface area contributed by atoms with Crippen molar-refractivity contribution in [2.24, 2.45) is 0 Å². The lowest BCUT2D eigenvalue weighted by Crippen LogP contribution is -2.42. The van der Waals surface area contributed by atoms with Gasteiger partial charge in [-0.05, 0) is 39.0 Å². The molecule has 1 atom stereocenters. The molecule has 2 aliphatic rings. The van der Waals surface area contributed by atoms with Gasteiger partial charge in [-0.3, -0.25) is 4.79 Å². The smallest absolute Gasteiger partial charge is 0.277 e. The minimum absolute atomic E-state index is 0.189. The molecular formula is C16H25N3O2S. The van der Waals surface area contributed by atoms with Crippen molar-refractivity contribution in [1.29, 1.82) is 0 Å². The topological polar surface area (TPSA) is 59.2 Å². The third-order valence-electron chi connectivity index (χ3n) is 4.82. The van der Waals surface area contributed by atoms with E-state index in [1.54, 1.807) is 0 Å². The van der Waals surface area contributed by atoms with Crippen LogP contribution in [0.2, 0.25) is 0 Å². The fraction of sp³-hybridized carbons (Fsp3) is 0.812. The van der Waals surface area contributed by atoms with Crippen molar-refractivity contribution in [3.05, 3.63) is 5.89 Å². The highest BCUT2D eigenvalue weighted by molar-refractivity contribution is 7.99. The Labute approximate surface area is 136 Å². The number of nitrogens with zero attached hydrogens (tertiary/aromatic N) is 3. The molecule has 0 radical (unpaired) electrons. The van der Waals surface area contributed by atoms with Gasteiger partial charge in [0, 0.05) is 18.5 Å². The van der Waals surface area contributed by atoms with E-state index in [-0.39, 0.29) is 5.91 Å². The number of carbonyl (C=O) groups is 1. The molecule has 22 heavy (non-hydrogen) atoms. The Bertz CT molecular complexity index is 499. The molecule has 1 saturated heterocycles.